The van der Waals surface area contributed by atoms with E-state index in [1.807, 2.05) is 11.6 Å². The van der Waals surface area contributed by atoms with Gasteiger partial charge in [0.15, 0.2) is 0 Å². The monoisotopic (exact) mass is 530 g/mol. The Morgan fingerprint density at radius 1 is 1.10 bits per heavy atom. The van der Waals surface area contributed by atoms with Crippen molar-refractivity contribution in [3.05, 3.63) is 23.7 Å². The van der Waals surface area contributed by atoms with Gasteiger partial charge in [-0.3, -0.25) is 0 Å². The summed E-state index contributed by atoms with van der Waals surface area (Å²) in [5.74, 6) is 0.861. The predicted molar refractivity (Wildman–Crippen MR) is 96.7 cm³/mol. The Bertz CT molecular complexity index is 653. The molecule has 4 N–H and O–H groups in total. The van der Waals surface area contributed by atoms with E-state index in [9.17, 15) is 0 Å². The van der Waals surface area contributed by atoms with Gasteiger partial charge in [-0.2, -0.15) is 0 Å². The molecular weight excluding hydrogens is 520 g/mol. The fourth-order valence-corrected chi connectivity index (χ4v) is 4.55. The van der Waals surface area contributed by atoms with Crippen LogP contribution in [0.5, 0.6) is 0 Å². The molecule has 1 aromatic carbocycles. The zero-order valence-corrected chi connectivity index (χ0v) is 17.1. The maximum Gasteiger partial charge on any atom is 0.126 e. The van der Waals surface area contributed by atoms with E-state index in [1.165, 1.54) is 0 Å². The number of hydrogen-bond acceptors (Lipinski definition) is 3. The lowest BCUT2D eigenvalue weighted by molar-refractivity contribution is 0.571. The molecule has 8 heteroatoms. The summed E-state index contributed by atoms with van der Waals surface area (Å²) < 4.78 is 5.77. The van der Waals surface area contributed by atoms with Gasteiger partial charge < -0.3 is 16.0 Å². The Balaban J connectivity index is 2.64. The number of aryl methyl sites for hydroxylation is 1. The molecule has 1 aromatic heterocycles. The normalized spacial score (nSPS) is 13.2. The highest BCUT2D eigenvalue weighted by Crippen LogP contribution is 2.43. The van der Waals surface area contributed by atoms with Gasteiger partial charge in [0.1, 0.15) is 11.3 Å². The average molecular weight is 534 g/mol. The Morgan fingerprint density at radius 3 is 2.30 bits per heavy atom. The molecule has 0 amide bonds. The lowest BCUT2D eigenvalue weighted by atomic mass is 10.1. The van der Waals surface area contributed by atoms with Crippen molar-refractivity contribution < 1.29 is 0 Å². The van der Waals surface area contributed by atoms with E-state index in [0.717, 1.165) is 47.6 Å². The van der Waals surface area contributed by atoms with Crippen molar-refractivity contribution in [2.75, 3.05) is 6.54 Å². The summed E-state index contributed by atoms with van der Waals surface area (Å²) in [6.07, 6.45) is 1.71. The topological polar surface area (TPSA) is 69.9 Å². The van der Waals surface area contributed by atoms with Crippen LogP contribution in [0.25, 0.3) is 11.0 Å². The number of nitrogens with zero attached hydrogens (tertiary/aromatic N) is 2. The van der Waals surface area contributed by atoms with E-state index in [4.69, 9.17) is 16.5 Å². The second-order valence-corrected chi connectivity index (χ2v) is 7.69. The molecule has 1 heterocycles. The molecule has 2 rings (SSSR count). The summed E-state index contributed by atoms with van der Waals surface area (Å²) in [4.78, 5) is 4.70. The molecular formula is C12H14Br4N4. The molecule has 0 bridgehead atoms. The number of halogens is 4. The molecule has 4 nitrogen and oxygen atoms in total. The Hall–Kier alpha value is 0.530. The molecule has 0 saturated heterocycles. The standard InChI is InChI=1S/C12H14Br4N4/c1-20-11-9(16)7(14)6(13)8(15)10(11)19-12(20)5(18)3-2-4-17/h5H,2-4,17-18H2,1H3. The maximum absolute atomic E-state index is 6.23. The van der Waals surface area contributed by atoms with Crippen molar-refractivity contribution >= 4 is 74.8 Å². The van der Waals surface area contributed by atoms with Crippen LogP contribution in [0.3, 0.4) is 0 Å². The largest absolute Gasteiger partial charge is 0.330 e. The molecule has 0 radical (unpaired) electrons. The third kappa shape index (κ3) is 2.87. The first-order valence-corrected chi connectivity index (χ1v) is 9.21. The minimum Gasteiger partial charge on any atom is -0.330 e. The van der Waals surface area contributed by atoms with Crippen LogP contribution >= 0.6 is 63.7 Å². The van der Waals surface area contributed by atoms with E-state index in [-0.39, 0.29) is 6.04 Å². The lowest BCUT2D eigenvalue weighted by Crippen LogP contribution is -2.16. The third-order valence-corrected chi connectivity index (χ3v) is 7.90. The van der Waals surface area contributed by atoms with Crippen LogP contribution in [0.15, 0.2) is 17.9 Å². The number of hydrogen-bond donors (Lipinski definition) is 2. The number of rotatable bonds is 4. The molecule has 0 aliphatic rings. The minimum atomic E-state index is -0.118. The zero-order chi connectivity index (χ0) is 15.0. The molecule has 1 unspecified atom stereocenters. The third-order valence-electron chi connectivity index (χ3n) is 3.17. The van der Waals surface area contributed by atoms with Gasteiger partial charge in [-0.1, -0.05) is 0 Å². The van der Waals surface area contributed by atoms with Crippen LogP contribution in [0.1, 0.15) is 24.7 Å². The molecule has 0 aliphatic heterocycles. The Labute approximate surface area is 151 Å². The van der Waals surface area contributed by atoms with Gasteiger partial charge in [0, 0.05) is 16.0 Å². The van der Waals surface area contributed by atoms with Crippen molar-refractivity contribution in [2.45, 2.75) is 18.9 Å². The van der Waals surface area contributed by atoms with E-state index in [0.29, 0.717) is 6.54 Å². The highest BCUT2D eigenvalue weighted by atomic mass is 79.9. The van der Waals surface area contributed by atoms with Gasteiger partial charge in [-0.15, -0.1) is 0 Å². The summed E-state index contributed by atoms with van der Waals surface area (Å²) in [5, 5.41) is 0. The molecule has 0 spiro atoms. The van der Waals surface area contributed by atoms with E-state index in [1.54, 1.807) is 0 Å². The highest BCUT2D eigenvalue weighted by molar-refractivity contribution is 9.15. The molecule has 0 fully saturated rings. The Kier molecular flexibility index (Phi) is 5.70. The van der Waals surface area contributed by atoms with Crippen LogP contribution in [0.2, 0.25) is 0 Å². The number of aromatic nitrogens is 2. The molecule has 2 aromatic rings. The molecule has 0 saturated carbocycles. The number of imidazole rings is 1. The first-order chi connectivity index (χ1) is 9.40. The van der Waals surface area contributed by atoms with Gasteiger partial charge in [0.05, 0.1) is 20.5 Å². The molecule has 110 valence electrons. The smallest absolute Gasteiger partial charge is 0.126 e. The van der Waals surface area contributed by atoms with Crippen molar-refractivity contribution in [3.63, 3.8) is 0 Å². The van der Waals surface area contributed by atoms with Crippen LogP contribution in [0.4, 0.5) is 0 Å². The maximum atomic E-state index is 6.23. The van der Waals surface area contributed by atoms with Crippen LogP contribution in [-0.4, -0.2) is 16.1 Å². The molecule has 0 aliphatic carbocycles. The highest BCUT2D eigenvalue weighted by Gasteiger charge is 2.22. The zero-order valence-electron chi connectivity index (χ0n) is 10.8. The number of benzene rings is 1. The van der Waals surface area contributed by atoms with Gasteiger partial charge in [0.2, 0.25) is 0 Å². The predicted octanol–water partition coefficient (Wildman–Crippen LogP) is 4.36. The minimum absolute atomic E-state index is 0.118. The quantitative estimate of drug-likeness (QED) is 0.453. The van der Waals surface area contributed by atoms with Crippen molar-refractivity contribution in [1.82, 2.24) is 9.55 Å². The first kappa shape index (κ1) is 16.9. The number of nitrogens with two attached hydrogens (primary N) is 2. The SMILES string of the molecule is Cn1c(C(N)CCCN)nc2c(Br)c(Br)c(Br)c(Br)c21. The van der Waals surface area contributed by atoms with Gasteiger partial charge in [-0.25, -0.2) is 4.98 Å². The fraction of sp³-hybridized carbons (Fsp3) is 0.417. The summed E-state index contributed by atoms with van der Waals surface area (Å²) in [6, 6.07) is -0.118. The van der Waals surface area contributed by atoms with Crippen molar-refractivity contribution in [1.29, 1.82) is 0 Å². The lowest BCUT2D eigenvalue weighted by Gasteiger charge is -2.11. The van der Waals surface area contributed by atoms with Gasteiger partial charge in [-0.05, 0) is 83.1 Å². The summed E-state index contributed by atoms with van der Waals surface area (Å²) >= 11 is 14.3. The van der Waals surface area contributed by atoms with Crippen molar-refractivity contribution in [3.8, 4) is 0 Å². The van der Waals surface area contributed by atoms with E-state index in [2.05, 4.69) is 63.7 Å². The second-order valence-electron chi connectivity index (χ2n) is 4.52. The van der Waals surface area contributed by atoms with Crippen LogP contribution in [0, 0.1) is 0 Å². The summed E-state index contributed by atoms with van der Waals surface area (Å²) in [7, 11) is 1.98. The first-order valence-electron chi connectivity index (χ1n) is 6.04. The van der Waals surface area contributed by atoms with Crippen molar-refractivity contribution in [2.24, 2.45) is 18.5 Å². The van der Waals surface area contributed by atoms with E-state index >= 15 is 0 Å². The van der Waals surface area contributed by atoms with Gasteiger partial charge >= 0.3 is 0 Å². The number of fused-ring (bicyclic) bond motifs is 1. The molecule has 20 heavy (non-hydrogen) atoms. The van der Waals surface area contributed by atoms with Gasteiger partial charge in [0.25, 0.3) is 0 Å². The van der Waals surface area contributed by atoms with Crippen LogP contribution < -0.4 is 11.5 Å². The summed E-state index contributed by atoms with van der Waals surface area (Å²) in [5.41, 5.74) is 13.7. The van der Waals surface area contributed by atoms with E-state index < -0.39 is 0 Å². The average Bonchev–Trinajstić information content (AvgIpc) is 2.78. The Morgan fingerprint density at radius 2 is 1.70 bits per heavy atom. The van der Waals surface area contributed by atoms with Crippen LogP contribution in [-0.2, 0) is 7.05 Å². The molecule has 1 atom stereocenters. The second kappa shape index (κ2) is 6.75. The summed E-state index contributed by atoms with van der Waals surface area (Å²) in [6.45, 7) is 0.641. The fourth-order valence-electron chi connectivity index (χ4n) is 2.12.